The van der Waals surface area contributed by atoms with Gasteiger partial charge in [-0.15, -0.1) is 0 Å². The molecule has 25 heavy (non-hydrogen) atoms. The molecule has 1 aliphatic heterocycles. The van der Waals surface area contributed by atoms with Crippen LogP contribution in [0.5, 0.6) is 0 Å². The van der Waals surface area contributed by atoms with Crippen LogP contribution in [-0.4, -0.2) is 47.8 Å². The lowest BCUT2D eigenvalue weighted by Gasteiger charge is -2.35. The van der Waals surface area contributed by atoms with Gasteiger partial charge in [-0.2, -0.15) is 0 Å². The van der Waals surface area contributed by atoms with Crippen LogP contribution < -0.4 is 0 Å². The van der Waals surface area contributed by atoms with Crippen LogP contribution in [0.25, 0.3) is 0 Å². The maximum Gasteiger partial charge on any atom is 0.254 e. The Labute approximate surface area is 148 Å². The number of halogens is 3. The first-order valence-corrected chi connectivity index (χ1v) is 8.12. The van der Waals surface area contributed by atoms with Gasteiger partial charge in [-0.1, -0.05) is 17.7 Å². The number of benzene rings is 2. The van der Waals surface area contributed by atoms with Crippen LogP contribution in [0.4, 0.5) is 8.78 Å². The Morgan fingerprint density at radius 2 is 1.32 bits per heavy atom. The number of amides is 2. The smallest absolute Gasteiger partial charge is 0.254 e. The lowest BCUT2D eigenvalue weighted by molar-refractivity contribution is 0.0535. The van der Waals surface area contributed by atoms with E-state index in [1.54, 1.807) is 29.2 Å². The van der Waals surface area contributed by atoms with Crippen LogP contribution in [0, 0.1) is 11.6 Å². The van der Waals surface area contributed by atoms with E-state index < -0.39 is 17.5 Å². The van der Waals surface area contributed by atoms with Crippen molar-refractivity contribution < 1.29 is 18.4 Å². The molecule has 1 fully saturated rings. The molecule has 1 heterocycles. The lowest BCUT2D eigenvalue weighted by atomic mass is 10.1. The molecule has 2 amide bonds. The maximum absolute atomic E-state index is 13.3. The van der Waals surface area contributed by atoms with Crippen molar-refractivity contribution in [3.8, 4) is 0 Å². The fourth-order valence-electron chi connectivity index (χ4n) is 2.78. The number of hydrogen-bond acceptors (Lipinski definition) is 2. The fourth-order valence-corrected chi connectivity index (χ4v) is 2.97. The standard InChI is InChI=1S/C18H15ClF2N2O2/c19-14-3-1-2-12(8-14)17(24)22-4-6-23(7-5-22)18(25)13-9-15(20)11-16(21)10-13/h1-3,8-11H,4-7H2. The van der Waals surface area contributed by atoms with Gasteiger partial charge in [-0.3, -0.25) is 9.59 Å². The summed E-state index contributed by atoms with van der Waals surface area (Å²) < 4.78 is 26.5. The molecule has 0 bridgehead atoms. The summed E-state index contributed by atoms with van der Waals surface area (Å²) in [5.41, 5.74) is 0.451. The third-order valence-electron chi connectivity index (χ3n) is 4.04. The molecule has 0 aromatic heterocycles. The van der Waals surface area contributed by atoms with Crippen molar-refractivity contribution in [1.82, 2.24) is 9.80 Å². The second-order valence-corrected chi connectivity index (χ2v) is 6.19. The minimum atomic E-state index is -0.793. The summed E-state index contributed by atoms with van der Waals surface area (Å²) in [6.07, 6.45) is 0. The first kappa shape index (κ1) is 17.4. The van der Waals surface area contributed by atoms with E-state index in [2.05, 4.69) is 0 Å². The monoisotopic (exact) mass is 364 g/mol. The molecule has 4 nitrogen and oxygen atoms in total. The predicted octanol–water partition coefficient (Wildman–Crippen LogP) is 3.22. The molecular weight excluding hydrogens is 350 g/mol. The lowest BCUT2D eigenvalue weighted by Crippen LogP contribution is -2.50. The summed E-state index contributed by atoms with van der Waals surface area (Å²) in [6.45, 7) is 1.27. The van der Waals surface area contributed by atoms with E-state index in [9.17, 15) is 18.4 Å². The normalized spacial score (nSPS) is 14.5. The van der Waals surface area contributed by atoms with Crippen LogP contribution in [0.3, 0.4) is 0 Å². The molecule has 0 unspecified atom stereocenters. The van der Waals surface area contributed by atoms with Gasteiger partial charge in [0.2, 0.25) is 0 Å². The average Bonchev–Trinajstić information content (AvgIpc) is 2.60. The van der Waals surface area contributed by atoms with Gasteiger partial charge in [0.15, 0.2) is 0 Å². The second kappa shape index (κ2) is 7.19. The van der Waals surface area contributed by atoms with Crippen LogP contribution in [0.1, 0.15) is 20.7 Å². The minimum Gasteiger partial charge on any atom is -0.335 e. The van der Waals surface area contributed by atoms with Crippen LogP contribution >= 0.6 is 11.6 Å². The van der Waals surface area contributed by atoms with E-state index in [0.717, 1.165) is 18.2 Å². The first-order chi connectivity index (χ1) is 11.9. The summed E-state index contributed by atoms with van der Waals surface area (Å²) in [5, 5.41) is 0.479. The Hall–Kier alpha value is -2.47. The fraction of sp³-hybridized carbons (Fsp3) is 0.222. The van der Waals surface area contributed by atoms with Crippen LogP contribution in [0.15, 0.2) is 42.5 Å². The van der Waals surface area contributed by atoms with Gasteiger partial charge >= 0.3 is 0 Å². The highest BCUT2D eigenvalue weighted by molar-refractivity contribution is 6.30. The van der Waals surface area contributed by atoms with Crippen molar-refractivity contribution in [1.29, 1.82) is 0 Å². The summed E-state index contributed by atoms with van der Waals surface area (Å²) in [4.78, 5) is 27.9. The number of piperazine rings is 1. The SMILES string of the molecule is O=C(c1cc(F)cc(F)c1)N1CCN(C(=O)c2cccc(Cl)c2)CC1. The molecule has 3 rings (SSSR count). The van der Waals surface area contributed by atoms with Gasteiger partial charge in [0, 0.05) is 48.4 Å². The average molecular weight is 365 g/mol. The van der Waals surface area contributed by atoms with E-state index in [1.807, 2.05) is 0 Å². The first-order valence-electron chi connectivity index (χ1n) is 7.74. The molecular formula is C18H15ClF2N2O2. The van der Waals surface area contributed by atoms with Crippen LogP contribution in [0.2, 0.25) is 5.02 Å². The Balaban J connectivity index is 1.65. The van der Waals surface area contributed by atoms with E-state index in [0.29, 0.717) is 36.8 Å². The zero-order chi connectivity index (χ0) is 18.0. The number of nitrogens with zero attached hydrogens (tertiary/aromatic N) is 2. The molecule has 0 radical (unpaired) electrons. The van der Waals surface area contributed by atoms with Gasteiger partial charge < -0.3 is 9.80 Å². The third-order valence-corrected chi connectivity index (χ3v) is 4.27. The van der Waals surface area contributed by atoms with Crippen molar-refractivity contribution in [2.45, 2.75) is 0 Å². The molecule has 7 heteroatoms. The Bertz CT molecular complexity index is 800. The predicted molar refractivity (Wildman–Crippen MR) is 89.6 cm³/mol. The summed E-state index contributed by atoms with van der Waals surface area (Å²) in [5.74, 6) is -2.20. The summed E-state index contributed by atoms with van der Waals surface area (Å²) in [6, 6.07) is 9.40. The molecule has 0 atom stereocenters. The molecule has 1 saturated heterocycles. The Morgan fingerprint density at radius 1 is 0.800 bits per heavy atom. The number of carbonyl (C=O) groups excluding carboxylic acids is 2. The zero-order valence-corrected chi connectivity index (χ0v) is 14.0. The maximum atomic E-state index is 13.3. The van der Waals surface area contributed by atoms with Gasteiger partial charge in [-0.25, -0.2) is 8.78 Å². The summed E-state index contributed by atoms with van der Waals surface area (Å²) in [7, 11) is 0. The second-order valence-electron chi connectivity index (χ2n) is 5.75. The molecule has 0 aliphatic carbocycles. The van der Waals surface area contributed by atoms with Crippen molar-refractivity contribution in [3.05, 3.63) is 70.2 Å². The molecule has 130 valence electrons. The number of hydrogen-bond donors (Lipinski definition) is 0. The minimum absolute atomic E-state index is 0.0351. The van der Waals surface area contributed by atoms with Gasteiger partial charge in [0.05, 0.1) is 0 Å². The summed E-state index contributed by atoms with van der Waals surface area (Å²) >= 11 is 5.90. The molecule has 2 aromatic rings. The van der Waals surface area contributed by atoms with E-state index in [-0.39, 0.29) is 11.5 Å². The van der Waals surface area contributed by atoms with Crippen LogP contribution in [-0.2, 0) is 0 Å². The van der Waals surface area contributed by atoms with E-state index in [4.69, 9.17) is 11.6 Å². The van der Waals surface area contributed by atoms with Gasteiger partial charge in [-0.05, 0) is 30.3 Å². The number of carbonyl (C=O) groups is 2. The Kier molecular flexibility index (Phi) is 4.99. The molecule has 2 aromatic carbocycles. The Morgan fingerprint density at radius 3 is 1.84 bits per heavy atom. The topological polar surface area (TPSA) is 40.6 Å². The third kappa shape index (κ3) is 3.96. The highest BCUT2D eigenvalue weighted by Gasteiger charge is 2.26. The van der Waals surface area contributed by atoms with E-state index >= 15 is 0 Å². The molecule has 1 aliphatic rings. The van der Waals surface area contributed by atoms with Gasteiger partial charge in [0.1, 0.15) is 11.6 Å². The van der Waals surface area contributed by atoms with Crippen molar-refractivity contribution in [2.24, 2.45) is 0 Å². The largest absolute Gasteiger partial charge is 0.335 e. The highest BCUT2D eigenvalue weighted by Crippen LogP contribution is 2.16. The van der Waals surface area contributed by atoms with Crippen molar-refractivity contribution in [3.63, 3.8) is 0 Å². The van der Waals surface area contributed by atoms with Gasteiger partial charge in [0.25, 0.3) is 11.8 Å². The quantitative estimate of drug-likeness (QED) is 0.821. The molecule has 0 spiro atoms. The van der Waals surface area contributed by atoms with Crippen molar-refractivity contribution in [2.75, 3.05) is 26.2 Å². The molecule has 0 N–H and O–H groups in total. The molecule has 0 saturated carbocycles. The van der Waals surface area contributed by atoms with Crippen molar-refractivity contribution >= 4 is 23.4 Å². The van der Waals surface area contributed by atoms with E-state index in [1.165, 1.54) is 4.90 Å². The zero-order valence-electron chi connectivity index (χ0n) is 13.2. The highest BCUT2D eigenvalue weighted by atomic mass is 35.5. The number of rotatable bonds is 2.